The molecule has 0 bridgehead atoms. The Kier molecular flexibility index (Phi) is 5.21. The van der Waals surface area contributed by atoms with E-state index in [1.54, 1.807) is 0 Å². The van der Waals surface area contributed by atoms with Crippen LogP contribution in [0.3, 0.4) is 0 Å². The van der Waals surface area contributed by atoms with Crippen LogP contribution in [0.4, 0.5) is 11.4 Å². The normalized spacial score (nSPS) is 10.0. The first kappa shape index (κ1) is 14.9. The number of benzene rings is 2. The van der Waals surface area contributed by atoms with Gasteiger partial charge in [-0.05, 0) is 48.9 Å². The molecule has 2 aromatic rings. The van der Waals surface area contributed by atoms with Gasteiger partial charge < -0.3 is 15.4 Å². The maximum absolute atomic E-state index is 10.9. The number of hydrogen-bond donors (Lipinski definition) is 2. The van der Waals surface area contributed by atoms with Crippen molar-refractivity contribution in [1.82, 2.24) is 0 Å². The number of ether oxygens (including phenoxy) is 1. The SMILES string of the molecule is CCOc1ccc(CNc2ccc(NC(C)=O)cc2)cc1. The molecular formula is C17H20N2O2. The Morgan fingerprint density at radius 2 is 1.62 bits per heavy atom. The zero-order chi connectivity index (χ0) is 15.1. The molecule has 0 aliphatic carbocycles. The number of nitrogens with one attached hydrogen (secondary N) is 2. The van der Waals surface area contributed by atoms with Gasteiger partial charge in [0.15, 0.2) is 0 Å². The van der Waals surface area contributed by atoms with Crippen molar-refractivity contribution in [3.63, 3.8) is 0 Å². The van der Waals surface area contributed by atoms with E-state index >= 15 is 0 Å². The maximum atomic E-state index is 10.9. The van der Waals surface area contributed by atoms with E-state index in [4.69, 9.17) is 4.74 Å². The van der Waals surface area contributed by atoms with Crippen LogP contribution in [0.15, 0.2) is 48.5 Å². The second-order valence-electron chi connectivity index (χ2n) is 4.69. The Balaban J connectivity index is 1.88. The molecule has 1 amide bonds. The number of amides is 1. The van der Waals surface area contributed by atoms with Crippen molar-refractivity contribution in [2.24, 2.45) is 0 Å². The van der Waals surface area contributed by atoms with E-state index in [0.717, 1.165) is 23.7 Å². The van der Waals surface area contributed by atoms with E-state index in [1.165, 1.54) is 12.5 Å². The maximum Gasteiger partial charge on any atom is 0.221 e. The number of hydrogen-bond acceptors (Lipinski definition) is 3. The molecule has 0 fully saturated rings. The first-order valence-electron chi connectivity index (χ1n) is 7.00. The van der Waals surface area contributed by atoms with Crippen LogP contribution in [0.25, 0.3) is 0 Å². The summed E-state index contributed by atoms with van der Waals surface area (Å²) in [4.78, 5) is 10.9. The molecule has 0 spiro atoms. The Labute approximate surface area is 125 Å². The molecule has 0 aromatic heterocycles. The monoisotopic (exact) mass is 284 g/mol. The highest BCUT2D eigenvalue weighted by Crippen LogP contribution is 2.16. The van der Waals surface area contributed by atoms with E-state index in [1.807, 2.05) is 55.5 Å². The highest BCUT2D eigenvalue weighted by molar-refractivity contribution is 5.88. The number of carbonyl (C=O) groups is 1. The molecule has 0 aliphatic rings. The first-order chi connectivity index (χ1) is 10.2. The fourth-order valence-electron chi connectivity index (χ4n) is 1.95. The van der Waals surface area contributed by atoms with Crippen molar-refractivity contribution in [3.05, 3.63) is 54.1 Å². The number of carbonyl (C=O) groups excluding carboxylic acids is 1. The van der Waals surface area contributed by atoms with E-state index in [2.05, 4.69) is 10.6 Å². The van der Waals surface area contributed by atoms with Crippen molar-refractivity contribution in [2.75, 3.05) is 17.2 Å². The van der Waals surface area contributed by atoms with Gasteiger partial charge in [0.1, 0.15) is 5.75 Å². The number of anilines is 2. The zero-order valence-corrected chi connectivity index (χ0v) is 12.3. The summed E-state index contributed by atoms with van der Waals surface area (Å²) in [6.45, 7) is 4.89. The largest absolute Gasteiger partial charge is 0.494 e. The molecule has 110 valence electrons. The average molecular weight is 284 g/mol. The van der Waals surface area contributed by atoms with Gasteiger partial charge in [0.2, 0.25) is 5.91 Å². The minimum absolute atomic E-state index is 0.0647. The number of rotatable bonds is 6. The summed E-state index contributed by atoms with van der Waals surface area (Å²) < 4.78 is 5.41. The van der Waals surface area contributed by atoms with Crippen LogP contribution in [0.5, 0.6) is 5.75 Å². The van der Waals surface area contributed by atoms with Crippen molar-refractivity contribution in [2.45, 2.75) is 20.4 Å². The quantitative estimate of drug-likeness (QED) is 0.851. The molecule has 0 atom stereocenters. The lowest BCUT2D eigenvalue weighted by molar-refractivity contribution is -0.114. The van der Waals surface area contributed by atoms with Crippen LogP contribution in [0, 0.1) is 0 Å². The van der Waals surface area contributed by atoms with E-state index in [9.17, 15) is 4.79 Å². The summed E-state index contributed by atoms with van der Waals surface area (Å²) in [5, 5.41) is 6.08. The van der Waals surface area contributed by atoms with Gasteiger partial charge in [-0.15, -0.1) is 0 Å². The summed E-state index contributed by atoms with van der Waals surface area (Å²) >= 11 is 0. The molecule has 0 saturated carbocycles. The topological polar surface area (TPSA) is 50.4 Å². The molecule has 4 heteroatoms. The second kappa shape index (κ2) is 7.33. The van der Waals surface area contributed by atoms with E-state index < -0.39 is 0 Å². The molecule has 21 heavy (non-hydrogen) atoms. The van der Waals surface area contributed by atoms with Crippen molar-refractivity contribution in [1.29, 1.82) is 0 Å². The highest BCUT2D eigenvalue weighted by atomic mass is 16.5. The second-order valence-corrected chi connectivity index (χ2v) is 4.69. The van der Waals surface area contributed by atoms with Gasteiger partial charge in [0.05, 0.1) is 6.61 Å². The predicted molar refractivity (Wildman–Crippen MR) is 85.7 cm³/mol. The molecule has 2 N–H and O–H groups in total. The molecule has 0 heterocycles. The third-order valence-electron chi connectivity index (χ3n) is 2.94. The van der Waals surface area contributed by atoms with Gasteiger partial charge in [0, 0.05) is 24.8 Å². The van der Waals surface area contributed by atoms with Crippen molar-refractivity contribution >= 4 is 17.3 Å². The van der Waals surface area contributed by atoms with Crippen LogP contribution in [0.2, 0.25) is 0 Å². The average Bonchev–Trinajstić information content (AvgIpc) is 2.48. The van der Waals surface area contributed by atoms with Gasteiger partial charge in [-0.25, -0.2) is 0 Å². The molecule has 4 nitrogen and oxygen atoms in total. The van der Waals surface area contributed by atoms with Crippen LogP contribution < -0.4 is 15.4 Å². The van der Waals surface area contributed by atoms with Gasteiger partial charge in [-0.1, -0.05) is 12.1 Å². The summed E-state index contributed by atoms with van der Waals surface area (Å²) in [6, 6.07) is 15.7. The molecule has 0 aliphatic heterocycles. The lowest BCUT2D eigenvalue weighted by Gasteiger charge is -2.09. The molecule has 0 radical (unpaired) electrons. The first-order valence-corrected chi connectivity index (χ1v) is 7.00. The molecule has 0 unspecified atom stereocenters. The third-order valence-corrected chi connectivity index (χ3v) is 2.94. The lowest BCUT2D eigenvalue weighted by Crippen LogP contribution is -2.05. The van der Waals surface area contributed by atoms with Crippen LogP contribution >= 0.6 is 0 Å². The summed E-state index contributed by atoms with van der Waals surface area (Å²) in [6.07, 6.45) is 0. The Morgan fingerprint density at radius 1 is 1.00 bits per heavy atom. The van der Waals surface area contributed by atoms with Gasteiger partial charge in [0.25, 0.3) is 0 Å². The fourth-order valence-corrected chi connectivity index (χ4v) is 1.95. The summed E-state index contributed by atoms with van der Waals surface area (Å²) in [7, 11) is 0. The van der Waals surface area contributed by atoms with Crippen molar-refractivity contribution in [3.8, 4) is 5.75 Å². The highest BCUT2D eigenvalue weighted by Gasteiger charge is 1.98. The smallest absolute Gasteiger partial charge is 0.221 e. The van der Waals surface area contributed by atoms with Crippen LogP contribution in [0.1, 0.15) is 19.4 Å². The lowest BCUT2D eigenvalue weighted by atomic mass is 10.2. The van der Waals surface area contributed by atoms with Gasteiger partial charge >= 0.3 is 0 Å². The Bertz CT molecular complexity index is 577. The molecular weight excluding hydrogens is 264 g/mol. The standard InChI is InChI=1S/C17H20N2O2/c1-3-21-17-10-4-14(5-11-17)12-18-15-6-8-16(9-7-15)19-13(2)20/h4-11,18H,3,12H2,1-2H3,(H,19,20). The summed E-state index contributed by atoms with van der Waals surface area (Å²) in [5.74, 6) is 0.825. The van der Waals surface area contributed by atoms with Crippen LogP contribution in [-0.4, -0.2) is 12.5 Å². The predicted octanol–water partition coefficient (Wildman–Crippen LogP) is 3.66. The molecule has 2 aromatic carbocycles. The molecule has 2 rings (SSSR count). The van der Waals surface area contributed by atoms with Gasteiger partial charge in [-0.2, -0.15) is 0 Å². The third kappa shape index (κ3) is 4.84. The zero-order valence-electron chi connectivity index (χ0n) is 12.3. The van der Waals surface area contributed by atoms with Crippen molar-refractivity contribution < 1.29 is 9.53 Å². The Morgan fingerprint density at radius 3 is 2.19 bits per heavy atom. The molecule has 0 saturated heterocycles. The summed E-state index contributed by atoms with van der Waals surface area (Å²) in [5.41, 5.74) is 3.00. The van der Waals surface area contributed by atoms with E-state index in [-0.39, 0.29) is 5.91 Å². The minimum Gasteiger partial charge on any atom is -0.494 e. The van der Waals surface area contributed by atoms with Crippen LogP contribution in [-0.2, 0) is 11.3 Å². The minimum atomic E-state index is -0.0647. The fraction of sp³-hybridized carbons (Fsp3) is 0.235. The Hall–Kier alpha value is -2.49. The van der Waals surface area contributed by atoms with Gasteiger partial charge in [-0.3, -0.25) is 4.79 Å². The van der Waals surface area contributed by atoms with E-state index in [0.29, 0.717) is 6.61 Å².